The Morgan fingerprint density at radius 2 is 2.00 bits per heavy atom. The maximum atomic E-state index is 12.3. The van der Waals surface area contributed by atoms with Crippen molar-refractivity contribution in [2.75, 3.05) is 18.5 Å². The molecule has 6 nitrogen and oxygen atoms in total. The van der Waals surface area contributed by atoms with Gasteiger partial charge >= 0.3 is 12.0 Å². The molecule has 0 saturated carbocycles. The molecule has 0 spiro atoms. The van der Waals surface area contributed by atoms with E-state index in [1.807, 2.05) is 13.8 Å². The van der Waals surface area contributed by atoms with Gasteiger partial charge in [0.2, 0.25) is 0 Å². The van der Waals surface area contributed by atoms with E-state index in [2.05, 4.69) is 5.32 Å². The number of urea groups is 1. The molecule has 2 unspecified atom stereocenters. The Bertz CT molecular complexity index is 515. The van der Waals surface area contributed by atoms with Crippen molar-refractivity contribution in [1.29, 1.82) is 0 Å². The lowest BCUT2D eigenvalue weighted by Crippen LogP contribution is -2.51. The molecule has 1 fully saturated rings. The van der Waals surface area contributed by atoms with Crippen LogP contribution in [0.5, 0.6) is 0 Å². The van der Waals surface area contributed by atoms with Gasteiger partial charge in [-0.15, -0.1) is 0 Å². The summed E-state index contributed by atoms with van der Waals surface area (Å²) in [7, 11) is 0. The number of anilines is 1. The van der Waals surface area contributed by atoms with Gasteiger partial charge in [-0.25, -0.2) is 4.79 Å². The van der Waals surface area contributed by atoms with Crippen LogP contribution in [0.3, 0.4) is 0 Å². The number of nitrogens with one attached hydrogen (secondary N) is 1. The highest BCUT2D eigenvalue weighted by Gasteiger charge is 2.27. The van der Waals surface area contributed by atoms with Gasteiger partial charge in [0.25, 0.3) is 0 Å². The lowest BCUT2D eigenvalue weighted by atomic mass is 10.1. The zero-order chi connectivity index (χ0) is 15.4. The maximum absolute atomic E-state index is 12.3. The number of carboxylic acid groups (broad SMARTS) is 1. The first-order valence-electron chi connectivity index (χ1n) is 6.95. The number of hydrogen-bond acceptors (Lipinski definition) is 3. The van der Waals surface area contributed by atoms with E-state index in [1.165, 1.54) is 0 Å². The fraction of sp³-hybridized carbons (Fsp3) is 0.467. The number of carboxylic acids is 1. The Balaban J connectivity index is 1.97. The largest absolute Gasteiger partial charge is 0.481 e. The van der Waals surface area contributed by atoms with E-state index in [0.717, 1.165) is 0 Å². The Hall–Kier alpha value is -2.08. The molecule has 1 aromatic carbocycles. The average molecular weight is 292 g/mol. The summed E-state index contributed by atoms with van der Waals surface area (Å²) < 4.78 is 5.50. The minimum atomic E-state index is -0.872. The summed E-state index contributed by atoms with van der Waals surface area (Å²) in [6.45, 7) is 4.98. The summed E-state index contributed by atoms with van der Waals surface area (Å²) in [6, 6.07) is 6.70. The molecule has 21 heavy (non-hydrogen) atoms. The van der Waals surface area contributed by atoms with E-state index in [-0.39, 0.29) is 24.6 Å². The number of rotatable bonds is 3. The van der Waals surface area contributed by atoms with E-state index < -0.39 is 5.97 Å². The van der Waals surface area contributed by atoms with Crippen molar-refractivity contribution >= 4 is 17.7 Å². The second-order valence-electron chi connectivity index (χ2n) is 5.34. The van der Waals surface area contributed by atoms with E-state index in [9.17, 15) is 9.59 Å². The molecule has 114 valence electrons. The van der Waals surface area contributed by atoms with Gasteiger partial charge in [0.1, 0.15) is 0 Å². The van der Waals surface area contributed by atoms with Crippen molar-refractivity contribution in [3.05, 3.63) is 29.8 Å². The first-order chi connectivity index (χ1) is 9.95. The molecular formula is C15H20N2O4. The van der Waals surface area contributed by atoms with Crippen molar-refractivity contribution in [2.45, 2.75) is 32.4 Å². The van der Waals surface area contributed by atoms with Crippen molar-refractivity contribution in [3.8, 4) is 0 Å². The van der Waals surface area contributed by atoms with Crippen LogP contribution in [-0.2, 0) is 16.0 Å². The molecule has 2 rings (SSSR count). The van der Waals surface area contributed by atoms with Crippen LogP contribution in [0.25, 0.3) is 0 Å². The molecule has 1 aromatic rings. The summed E-state index contributed by atoms with van der Waals surface area (Å²) >= 11 is 0. The smallest absolute Gasteiger partial charge is 0.322 e. The van der Waals surface area contributed by atoms with Gasteiger partial charge in [-0.05, 0) is 31.5 Å². The van der Waals surface area contributed by atoms with E-state index in [4.69, 9.17) is 9.84 Å². The highest BCUT2D eigenvalue weighted by atomic mass is 16.5. The Morgan fingerprint density at radius 3 is 2.62 bits per heavy atom. The van der Waals surface area contributed by atoms with Gasteiger partial charge in [-0.2, -0.15) is 0 Å². The topological polar surface area (TPSA) is 78.9 Å². The molecule has 0 aromatic heterocycles. The second kappa shape index (κ2) is 6.58. The number of amides is 2. The normalized spacial score (nSPS) is 21.9. The van der Waals surface area contributed by atoms with Gasteiger partial charge in [-0.1, -0.05) is 12.1 Å². The molecule has 1 aliphatic heterocycles. The number of carbonyl (C=O) groups excluding carboxylic acids is 1. The predicted molar refractivity (Wildman–Crippen MR) is 78.4 cm³/mol. The Morgan fingerprint density at radius 1 is 1.33 bits per heavy atom. The minimum absolute atomic E-state index is 0.0216. The third-order valence-electron chi connectivity index (χ3n) is 3.43. The summed E-state index contributed by atoms with van der Waals surface area (Å²) in [4.78, 5) is 24.6. The van der Waals surface area contributed by atoms with Crippen molar-refractivity contribution in [2.24, 2.45) is 0 Å². The van der Waals surface area contributed by atoms with Gasteiger partial charge in [-0.3, -0.25) is 4.79 Å². The van der Waals surface area contributed by atoms with Crippen molar-refractivity contribution in [3.63, 3.8) is 0 Å². The standard InChI is InChI=1S/C15H20N2O4/c1-10-9-21-11(2)8-17(10)15(20)16-13-5-3-12(4-6-13)7-14(18)19/h3-6,10-11H,7-9H2,1-2H3,(H,16,20)(H,18,19). The monoisotopic (exact) mass is 292 g/mol. The number of benzene rings is 1. The SMILES string of the molecule is CC1CN(C(=O)Nc2ccc(CC(=O)O)cc2)C(C)CO1. The van der Waals surface area contributed by atoms with Crippen molar-refractivity contribution < 1.29 is 19.4 Å². The van der Waals surface area contributed by atoms with E-state index in [1.54, 1.807) is 29.2 Å². The minimum Gasteiger partial charge on any atom is -0.481 e. The van der Waals surface area contributed by atoms with Crippen molar-refractivity contribution in [1.82, 2.24) is 4.90 Å². The number of nitrogens with zero attached hydrogens (tertiary/aromatic N) is 1. The van der Waals surface area contributed by atoms with Crippen LogP contribution in [0.2, 0.25) is 0 Å². The summed E-state index contributed by atoms with van der Waals surface area (Å²) in [6.07, 6.45) is 0.0107. The summed E-state index contributed by atoms with van der Waals surface area (Å²) in [5.74, 6) is -0.872. The molecular weight excluding hydrogens is 272 g/mol. The highest BCUT2D eigenvalue weighted by molar-refractivity contribution is 5.89. The number of carbonyl (C=O) groups is 2. The van der Waals surface area contributed by atoms with Crippen LogP contribution in [-0.4, -0.2) is 47.3 Å². The third-order valence-corrected chi connectivity index (χ3v) is 3.43. The van der Waals surface area contributed by atoms with E-state index in [0.29, 0.717) is 24.4 Å². The molecule has 0 aliphatic carbocycles. The second-order valence-corrected chi connectivity index (χ2v) is 5.34. The number of morpholine rings is 1. The van der Waals surface area contributed by atoms with Gasteiger partial charge in [0, 0.05) is 12.2 Å². The highest BCUT2D eigenvalue weighted by Crippen LogP contribution is 2.15. The molecule has 0 bridgehead atoms. The summed E-state index contributed by atoms with van der Waals surface area (Å²) in [5.41, 5.74) is 1.36. The molecule has 2 N–H and O–H groups in total. The molecule has 2 atom stereocenters. The first-order valence-corrected chi connectivity index (χ1v) is 6.95. The fourth-order valence-corrected chi connectivity index (χ4v) is 2.26. The van der Waals surface area contributed by atoms with Crippen LogP contribution < -0.4 is 5.32 Å². The maximum Gasteiger partial charge on any atom is 0.322 e. The third kappa shape index (κ3) is 4.19. The predicted octanol–water partition coefficient (Wildman–Crippen LogP) is 1.95. The number of ether oxygens (including phenoxy) is 1. The lowest BCUT2D eigenvalue weighted by Gasteiger charge is -2.36. The first kappa shape index (κ1) is 15.3. The van der Waals surface area contributed by atoms with Crippen LogP contribution >= 0.6 is 0 Å². The average Bonchev–Trinajstić information content (AvgIpc) is 2.43. The Labute approximate surface area is 123 Å². The number of aliphatic carboxylic acids is 1. The van der Waals surface area contributed by atoms with Crippen LogP contribution in [0, 0.1) is 0 Å². The van der Waals surface area contributed by atoms with Gasteiger partial charge in [0.05, 0.1) is 25.2 Å². The summed E-state index contributed by atoms with van der Waals surface area (Å²) in [5, 5.41) is 11.5. The van der Waals surface area contributed by atoms with Gasteiger partial charge in [0.15, 0.2) is 0 Å². The van der Waals surface area contributed by atoms with Gasteiger partial charge < -0.3 is 20.1 Å². The fourth-order valence-electron chi connectivity index (χ4n) is 2.26. The quantitative estimate of drug-likeness (QED) is 0.892. The van der Waals surface area contributed by atoms with Crippen LogP contribution in [0.1, 0.15) is 19.4 Å². The van der Waals surface area contributed by atoms with Crippen LogP contribution in [0.15, 0.2) is 24.3 Å². The number of hydrogen-bond donors (Lipinski definition) is 2. The molecule has 6 heteroatoms. The molecule has 1 saturated heterocycles. The zero-order valence-corrected chi connectivity index (χ0v) is 12.2. The lowest BCUT2D eigenvalue weighted by molar-refractivity contribution is -0.136. The zero-order valence-electron chi connectivity index (χ0n) is 12.2. The van der Waals surface area contributed by atoms with E-state index >= 15 is 0 Å². The molecule has 0 radical (unpaired) electrons. The van der Waals surface area contributed by atoms with Crippen LogP contribution in [0.4, 0.5) is 10.5 Å². The molecule has 1 aliphatic rings. The Kier molecular flexibility index (Phi) is 4.80. The molecule has 2 amide bonds. The molecule has 1 heterocycles.